The van der Waals surface area contributed by atoms with Gasteiger partial charge in [-0.25, -0.2) is 0 Å². The maximum Gasteiger partial charge on any atom is 0.235 e. The lowest BCUT2D eigenvalue weighted by molar-refractivity contribution is -0.118. The third-order valence-corrected chi connectivity index (χ3v) is 8.26. The van der Waals surface area contributed by atoms with Gasteiger partial charge in [-0.2, -0.15) is 5.10 Å². The monoisotopic (exact) mass is 490 g/mol. The van der Waals surface area contributed by atoms with Crippen LogP contribution in [0.1, 0.15) is 47.2 Å². The van der Waals surface area contributed by atoms with Crippen LogP contribution >= 0.6 is 0 Å². The van der Waals surface area contributed by atoms with E-state index in [-0.39, 0.29) is 11.8 Å². The van der Waals surface area contributed by atoms with Gasteiger partial charge in [-0.15, -0.1) is 0 Å². The van der Waals surface area contributed by atoms with E-state index in [2.05, 4.69) is 81.9 Å². The van der Waals surface area contributed by atoms with Crippen molar-refractivity contribution in [3.63, 3.8) is 0 Å². The number of fused-ring (bicyclic) bond motifs is 3. The van der Waals surface area contributed by atoms with Gasteiger partial charge in [0.05, 0.1) is 29.8 Å². The number of hydrogen-bond donors (Lipinski definition) is 2. The third kappa shape index (κ3) is 3.79. The zero-order chi connectivity index (χ0) is 25.0. The van der Waals surface area contributed by atoms with Crippen LogP contribution in [0.4, 0.5) is 5.69 Å². The SMILES string of the molecule is C/C(=C\c1ccc(CN2CCOCC2)cc1)c1n[nH]c2cc([C@@H]3C[C@@]34C(=O)Nc3ccccc34)ccc12. The van der Waals surface area contributed by atoms with E-state index in [1.807, 2.05) is 18.2 Å². The highest BCUT2D eigenvalue weighted by Crippen LogP contribution is 2.65. The summed E-state index contributed by atoms with van der Waals surface area (Å²) in [6.45, 7) is 6.72. The van der Waals surface area contributed by atoms with Gasteiger partial charge < -0.3 is 10.1 Å². The number of morpholine rings is 1. The largest absolute Gasteiger partial charge is 0.379 e. The number of hydrogen-bond acceptors (Lipinski definition) is 4. The summed E-state index contributed by atoms with van der Waals surface area (Å²) in [6, 6.07) is 23.4. The van der Waals surface area contributed by atoms with Gasteiger partial charge in [0.15, 0.2) is 0 Å². The molecule has 0 bridgehead atoms. The third-order valence-electron chi connectivity index (χ3n) is 8.26. The van der Waals surface area contributed by atoms with Gasteiger partial charge in [-0.05, 0) is 59.4 Å². The van der Waals surface area contributed by atoms with Gasteiger partial charge in [0.2, 0.25) is 5.91 Å². The number of nitrogens with zero attached hydrogens (tertiary/aromatic N) is 2. The number of H-pyrrole nitrogens is 1. The van der Waals surface area contributed by atoms with Crippen molar-refractivity contribution in [2.75, 3.05) is 31.6 Å². The van der Waals surface area contributed by atoms with E-state index in [4.69, 9.17) is 4.74 Å². The van der Waals surface area contributed by atoms with Crippen LogP contribution in [0.15, 0.2) is 66.7 Å². The van der Waals surface area contributed by atoms with Gasteiger partial charge in [-0.3, -0.25) is 14.8 Å². The summed E-state index contributed by atoms with van der Waals surface area (Å²) in [5, 5.41) is 12.1. The predicted molar refractivity (Wildman–Crippen MR) is 146 cm³/mol. The first kappa shape index (κ1) is 22.5. The molecule has 4 aromatic rings. The van der Waals surface area contributed by atoms with Crippen molar-refractivity contribution in [2.45, 2.75) is 31.2 Å². The van der Waals surface area contributed by atoms with Crippen LogP contribution in [0, 0.1) is 0 Å². The van der Waals surface area contributed by atoms with Gasteiger partial charge in [-0.1, -0.05) is 54.6 Å². The Labute approximate surface area is 216 Å². The number of aromatic nitrogens is 2. The van der Waals surface area contributed by atoms with Crippen molar-refractivity contribution in [3.05, 3.63) is 94.7 Å². The van der Waals surface area contributed by atoms with Crippen molar-refractivity contribution in [1.82, 2.24) is 15.1 Å². The number of carbonyl (C=O) groups excluding carboxylic acids is 1. The van der Waals surface area contributed by atoms with Crippen LogP contribution in [0.3, 0.4) is 0 Å². The van der Waals surface area contributed by atoms with E-state index >= 15 is 0 Å². The van der Waals surface area contributed by atoms with Crippen LogP contribution in [0.2, 0.25) is 0 Å². The minimum atomic E-state index is -0.420. The Kier molecular flexibility index (Phi) is 5.27. The summed E-state index contributed by atoms with van der Waals surface area (Å²) in [6.07, 6.45) is 3.04. The summed E-state index contributed by atoms with van der Waals surface area (Å²) in [7, 11) is 0. The van der Waals surface area contributed by atoms with E-state index in [1.54, 1.807) is 0 Å². The fourth-order valence-corrected chi connectivity index (χ4v) is 6.16. The molecule has 2 aliphatic heterocycles. The maximum absolute atomic E-state index is 12.9. The van der Waals surface area contributed by atoms with E-state index in [0.717, 1.165) is 72.7 Å². The number of amides is 1. The van der Waals surface area contributed by atoms with Crippen molar-refractivity contribution in [3.8, 4) is 0 Å². The summed E-state index contributed by atoms with van der Waals surface area (Å²) in [4.78, 5) is 15.3. The number of nitrogens with one attached hydrogen (secondary N) is 2. The highest BCUT2D eigenvalue weighted by molar-refractivity contribution is 6.10. The second-order valence-corrected chi connectivity index (χ2v) is 10.6. The number of carbonyl (C=O) groups is 1. The Morgan fingerprint density at radius 1 is 1.11 bits per heavy atom. The second-order valence-electron chi connectivity index (χ2n) is 10.6. The summed E-state index contributed by atoms with van der Waals surface area (Å²) in [5.74, 6) is 0.318. The number of ether oxygens (including phenoxy) is 1. The van der Waals surface area contributed by atoms with E-state index in [9.17, 15) is 4.79 Å². The molecule has 2 atom stereocenters. The molecular weight excluding hydrogens is 460 g/mol. The Morgan fingerprint density at radius 2 is 1.92 bits per heavy atom. The van der Waals surface area contributed by atoms with Gasteiger partial charge in [0.25, 0.3) is 0 Å². The predicted octanol–water partition coefficient (Wildman–Crippen LogP) is 5.33. The van der Waals surface area contributed by atoms with Crippen molar-refractivity contribution >= 4 is 34.1 Å². The molecule has 186 valence electrons. The molecule has 1 spiro atoms. The lowest BCUT2D eigenvalue weighted by Gasteiger charge is -2.26. The fraction of sp³-hybridized carbons (Fsp3) is 0.290. The molecule has 1 amide bonds. The molecule has 1 aliphatic carbocycles. The summed E-state index contributed by atoms with van der Waals surface area (Å²) < 4.78 is 5.45. The Hall–Kier alpha value is -3.74. The van der Waals surface area contributed by atoms with Crippen LogP contribution in [0.25, 0.3) is 22.6 Å². The first-order valence-electron chi connectivity index (χ1n) is 13.1. The van der Waals surface area contributed by atoms with Crippen LogP contribution < -0.4 is 5.32 Å². The zero-order valence-electron chi connectivity index (χ0n) is 21.0. The number of para-hydroxylation sites is 1. The zero-order valence-corrected chi connectivity index (χ0v) is 21.0. The average Bonchev–Trinajstić information content (AvgIpc) is 3.44. The number of allylic oxidation sites excluding steroid dienone is 1. The van der Waals surface area contributed by atoms with Gasteiger partial charge >= 0.3 is 0 Å². The molecule has 1 saturated carbocycles. The molecule has 6 nitrogen and oxygen atoms in total. The van der Waals surface area contributed by atoms with Gasteiger partial charge in [0.1, 0.15) is 0 Å². The Morgan fingerprint density at radius 3 is 2.76 bits per heavy atom. The number of anilines is 1. The number of benzene rings is 3. The molecule has 0 unspecified atom stereocenters. The van der Waals surface area contributed by atoms with Gasteiger partial charge in [0, 0.05) is 36.6 Å². The van der Waals surface area contributed by atoms with Crippen molar-refractivity contribution in [1.29, 1.82) is 0 Å². The minimum Gasteiger partial charge on any atom is -0.379 e. The van der Waals surface area contributed by atoms with Crippen molar-refractivity contribution in [2.24, 2.45) is 0 Å². The molecule has 0 radical (unpaired) electrons. The summed E-state index contributed by atoms with van der Waals surface area (Å²) in [5.41, 5.74) is 8.44. The van der Waals surface area contributed by atoms with Crippen LogP contribution in [-0.4, -0.2) is 47.3 Å². The van der Waals surface area contributed by atoms with Crippen LogP contribution in [0.5, 0.6) is 0 Å². The first-order valence-corrected chi connectivity index (χ1v) is 13.1. The lowest BCUT2D eigenvalue weighted by Crippen LogP contribution is -2.35. The molecule has 7 rings (SSSR count). The standard InChI is InChI=1S/C31H30N4O2/c1-20(16-21-6-8-22(9-7-21)19-35-12-14-37-15-13-35)29-24-11-10-23(17-28(24)33-34-29)26-18-31(26)25-4-2-3-5-27(25)32-30(31)36/h2-11,16-17,26H,12-15,18-19H2,1H3,(H,32,36)(H,33,34)/b20-16+/t26-,31-/m0/s1. The molecule has 37 heavy (non-hydrogen) atoms. The van der Waals surface area contributed by atoms with Crippen LogP contribution in [-0.2, 0) is 21.5 Å². The molecule has 3 aromatic carbocycles. The number of rotatable bonds is 5. The topological polar surface area (TPSA) is 70.2 Å². The number of aromatic amines is 1. The summed E-state index contributed by atoms with van der Waals surface area (Å²) >= 11 is 0. The molecule has 2 N–H and O–H groups in total. The highest BCUT2D eigenvalue weighted by atomic mass is 16.5. The fourth-order valence-electron chi connectivity index (χ4n) is 6.16. The van der Waals surface area contributed by atoms with E-state index in [1.165, 1.54) is 16.7 Å². The molecule has 3 aliphatic rings. The molecule has 6 heteroatoms. The Balaban J connectivity index is 1.10. The lowest BCUT2D eigenvalue weighted by atomic mass is 9.91. The smallest absolute Gasteiger partial charge is 0.235 e. The second kappa shape index (κ2) is 8.68. The molecule has 3 heterocycles. The normalized spacial score (nSPS) is 23.4. The van der Waals surface area contributed by atoms with E-state index < -0.39 is 5.41 Å². The maximum atomic E-state index is 12.9. The Bertz CT molecular complexity index is 1530. The molecule has 1 saturated heterocycles. The molecule has 2 fully saturated rings. The highest BCUT2D eigenvalue weighted by Gasteiger charge is 2.65. The quantitative estimate of drug-likeness (QED) is 0.397. The minimum absolute atomic E-state index is 0.124. The van der Waals surface area contributed by atoms with Crippen molar-refractivity contribution < 1.29 is 9.53 Å². The molecular formula is C31H30N4O2. The average molecular weight is 491 g/mol. The molecule has 1 aromatic heterocycles. The first-order chi connectivity index (χ1) is 18.1. The van der Waals surface area contributed by atoms with E-state index in [0.29, 0.717) is 0 Å².